The first-order valence-electron chi connectivity index (χ1n) is 16.9. The van der Waals surface area contributed by atoms with Gasteiger partial charge in [-0.05, 0) is 109 Å². The molecule has 0 unspecified atom stereocenters. The molecule has 0 saturated carbocycles. The first-order chi connectivity index (χ1) is 25.1. The fraction of sp³-hybridized carbons (Fsp3) is 0.175. The fourth-order valence-electron chi connectivity index (χ4n) is 5.58. The topological polar surface area (TPSA) is 140 Å². The van der Waals surface area contributed by atoms with Crippen LogP contribution in [-0.4, -0.2) is 35.8 Å². The molecule has 7 aromatic rings. The third kappa shape index (κ3) is 7.52. The van der Waals surface area contributed by atoms with Crippen molar-refractivity contribution in [2.75, 3.05) is 16.0 Å². The lowest BCUT2D eigenvalue weighted by molar-refractivity contribution is 0.102. The third-order valence-electron chi connectivity index (χ3n) is 8.47. The van der Waals surface area contributed by atoms with E-state index in [0.29, 0.717) is 57.3 Å². The van der Waals surface area contributed by atoms with E-state index in [9.17, 15) is 4.79 Å². The van der Waals surface area contributed by atoms with Gasteiger partial charge in [0.25, 0.3) is 5.91 Å². The number of ether oxygens (including phenoxy) is 1. The number of amides is 1. The highest BCUT2D eigenvalue weighted by molar-refractivity contribution is 9.10. The van der Waals surface area contributed by atoms with Crippen LogP contribution in [0, 0.1) is 6.92 Å². The molecule has 7 rings (SSSR count). The molecule has 0 atom stereocenters. The normalized spacial score (nSPS) is 11.3. The summed E-state index contributed by atoms with van der Waals surface area (Å²) >= 11 is 3.44. The van der Waals surface area contributed by atoms with Crippen molar-refractivity contribution in [1.29, 1.82) is 0 Å². The van der Waals surface area contributed by atoms with Gasteiger partial charge in [0.2, 0.25) is 0 Å². The number of anilines is 5. The van der Waals surface area contributed by atoms with E-state index >= 15 is 0 Å². The molecule has 12 heteroatoms. The second-order valence-electron chi connectivity index (χ2n) is 13.0. The maximum absolute atomic E-state index is 13.4. The molecule has 4 aromatic heterocycles. The first kappa shape index (κ1) is 34.4. The van der Waals surface area contributed by atoms with Crippen molar-refractivity contribution in [2.24, 2.45) is 0 Å². The maximum atomic E-state index is 13.4. The van der Waals surface area contributed by atoms with Gasteiger partial charge in [-0.15, -0.1) is 0 Å². The van der Waals surface area contributed by atoms with E-state index in [1.807, 2.05) is 73.7 Å². The molecule has 0 saturated heterocycles. The quantitative estimate of drug-likeness (QED) is 0.124. The van der Waals surface area contributed by atoms with E-state index in [1.165, 1.54) is 12.7 Å². The summed E-state index contributed by atoms with van der Waals surface area (Å²) in [6.07, 6.45) is 2.99. The Bertz CT molecular complexity index is 2430. The smallest absolute Gasteiger partial charge is 0.255 e. The highest BCUT2D eigenvalue weighted by Gasteiger charge is 2.17. The van der Waals surface area contributed by atoms with Crippen LogP contribution in [0.5, 0.6) is 11.5 Å². The summed E-state index contributed by atoms with van der Waals surface area (Å²) in [6, 6.07) is 26.4. The Kier molecular flexibility index (Phi) is 9.73. The van der Waals surface area contributed by atoms with Crippen molar-refractivity contribution in [2.45, 2.75) is 46.5 Å². The minimum Gasteiger partial charge on any atom is -0.455 e. The van der Waals surface area contributed by atoms with E-state index in [1.54, 1.807) is 18.2 Å². The molecule has 260 valence electrons. The molecule has 4 heterocycles. The number of benzene rings is 3. The van der Waals surface area contributed by atoms with Gasteiger partial charge in [0.15, 0.2) is 17.0 Å². The Balaban J connectivity index is 1.19. The predicted molar refractivity (Wildman–Crippen MR) is 209 cm³/mol. The van der Waals surface area contributed by atoms with Crippen LogP contribution in [0.4, 0.5) is 28.7 Å². The number of fused-ring (bicyclic) bond motifs is 2. The number of hydrogen-bond acceptors (Lipinski definition) is 10. The average molecular weight is 755 g/mol. The molecule has 0 aliphatic rings. The van der Waals surface area contributed by atoms with Gasteiger partial charge in [0.1, 0.15) is 30.0 Å². The number of carbonyl (C=O) groups excluding carboxylic acids is 1. The minimum absolute atomic E-state index is 0.247. The Hall–Kier alpha value is -6.01. The van der Waals surface area contributed by atoms with Crippen LogP contribution in [0.25, 0.3) is 22.1 Å². The number of nitrogens with one attached hydrogen (secondary N) is 3. The Labute approximate surface area is 309 Å². The van der Waals surface area contributed by atoms with Crippen LogP contribution in [0.3, 0.4) is 0 Å². The molecular weight excluding hydrogens is 718 g/mol. The van der Waals surface area contributed by atoms with Gasteiger partial charge in [-0.25, -0.2) is 29.9 Å². The molecule has 0 bridgehead atoms. The molecule has 52 heavy (non-hydrogen) atoms. The zero-order valence-electron chi connectivity index (χ0n) is 29.3. The van der Waals surface area contributed by atoms with E-state index in [2.05, 4.69) is 79.5 Å². The number of pyridine rings is 2. The number of nitrogens with zero attached hydrogens (tertiary/aromatic N) is 6. The van der Waals surface area contributed by atoms with Gasteiger partial charge >= 0.3 is 0 Å². The first-order valence-corrected chi connectivity index (χ1v) is 17.7. The molecule has 0 spiro atoms. The number of aromatic nitrogens is 6. The number of aryl methyl sites for hydroxylation is 1. The van der Waals surface area contributed by atoms with Gasteiger partial charge in [-0.1, -0.05) is 43.6 Å². The van der Waals surface area contributed by atoms with Crippen LogP contribution in [0.1, 0.15) is 66.8 Å². The summed E-state index contributed by atoms with van der Waals surface area (Å²) in [5.41, 5.74) is 6.48. The highest BCUT2D eigenvalue weighted by atomic mass is 79.9. The van der Waals surface area contributed by atoms with Crippen LogP contribution >= 0.6 is 15.9 Å². The summed E-state index contributed by atoms with van der Waals surface area (Å²) in [6.45, 7) is 10.4. The second kappa shape index (κ2) is 14.7. The monoisotopic (exact) mass is 753 g/mol. The second-order valence-corrected chi connectivity index (χ2v) is 13.9. The van der Waals surface area contributed by atoms with Crippen molar-refractivity contribution in [3.63, 3.8) is 0 Å². The zero-order chi connectivity index (χ0) is 36.4. The van der Waals surface area contributed by atoms with E-state index in [4.69, 9.17) is 14.7 Å². The highest BCUT2D eigenvalue weighted by Crippen LogP contribution is 2.37. The van der Waals surface area contributed by atoms with Crippen molar-refractivity contribution < 1.29 is 9.53 Å². The van der Waals surface area contributed by atoms with Crippen LogP contribution < -0.4 is 20.7 Å². The molecule has 0 aliphatic heterocycles. The molecule has 11 nitrogen and oxygen atoms in total. The van der Waals surface area contributed by atoms with Crippen LogP contribution in [-0.2, 0) is 0 Å². The lowest BCUT2D eigenvalue weighted by atomic mass is 10.1. The molecule has 3 aromatic carbocycles. The summed E-state index contributed by atoms with van der Waals surface area (Å²) in [5, 5.41) is 11.4. The maximum Gasteiger partial charge on any atom is 0.255 e. The van der Waals surface area contributed by atoms with Crippen LogP contribution in [0.15, 0.2) is 102 Å². The Morgan fingerprint density at radius 3 is 1.83 bits per heavy atom. The summed E-state index contributed by atoms with van der Waals surface area (Å²) in [5.74, 6) is 2.60. The van der Waals surface area contributed by atoms with Gasteiger partial charge in [0.05, 0.1) is 16.5 Å². The average Bonchev–Trinajstić information content (AvgIpc) is 3.14. The molecular formula is C40H36BrN9O2. The van der Waals surface area contributed by atoms with Crippen molar-refractivity contribution >= 4 is 72.6 Å². The fourth-order valence-corrected chi connectivity index (χ4v) is 5.84. The molecule has 0 fully saturated rings. The lowest BCUT2D eigenvalue weighted by Crippen LogP contribution is -2.12. The molecule has 3 N–H and O–H groups in total. The third-order valence-corrected chi connectivity index (χ3v) is 9.00. The van der Waals surface area contributed by atoms with Crippen molar-refractivity contribution in [1.82, 2.24) is 29.9 Å². The Morgan fingerprint density at radius 1 is 0.654 bits per heavy atom. The van der Waals surface area contributed by atoms with Crippen LogP contribution in [0.2, 0.25) is 0 Å². The largest absolute Gasteiger partial charge is 0.455 e. The SMILES string of the molecule is Cc1cc(Nc2ncnc3nc(C(C)C)ccc23)ccc1Oc1ccc(C(=O)Nc2ccc(Br)cc2)cc1Nc1ncnc2nc(C(C)C)ccc12. The number of carbonyl (C=O) groups is 1. The van der Waals surface area contributed by atoms with Gasteiger partial charge in [-0.2, -0.15) is 0 Å². The molecule has 0 aliphatic carbocycles. The van der Waals surface area contributed by atoms with Crippen molar-refractivity contribution in [3.05, 3.63) is 125 Å². The number of hydrogen-bond donors (Lipinski definition) is 3. The Morgan fingerprint density at radius 2 is 1.23 bits per heavy atom. The standard InChI is InChI=1S/C40H36BrN9O2/c1-22(2)31-14-12-29-36(42-20-43-37(29)48-31)46-28-11-17-34(24(5)18-28)52-35-16-6-25(40(51)47-27-9-7-26(41)8-10-27)19-33(35)50-39-30-13-15-32(23(3)4)49-38(30)44-21-45-39/h6-23H,1-5H3,(H,47,51)(H,42,43,46,48)(H,44,45,49,50). The van der Waals surface area contributed by atoms with Gasteiger partial charge in [0, 0.05) is 32.8 Å². The summed E-state index contributed by atoms with van der Waals surface area (Å²) in [4.78, 5) is 40.7. The zero-order valence-corrected chi connectivity index (χ0v) is 30.9. The van der Waals surface area contributed by atoms with Crippen molar-refractivity contribution in [3.8, 4) is 11.5 Å². The molecule has 1 amide bonds. The predicted octanol–water partition coefficient (Wildman–Crippen LogP) is 10.2. The lowest BCUT2D eigenvalue weighted by Gasteiger charge is -2.17. The number of rotatable bonds is 10. The van der Waals surface area contributed by atoms with E-state index in [-0.39, 0.29) is 11.8 Å². The minimum atomic E-state index is -0.271. The van der Waals surface area contributed by atoms with E-state index in [0.717, 1.165) is 37.9 Å². The van der Waals surface area contributed by atoms with E-state index < -0.39 is 0 Å². The summed E-state index contributed by atoms with van der Waals surface area (Å²) in [7, 11) is 0. The summed E-state index contributed by atoms with van der Waals surface area (Å²) < 4.78 is 7.45. The molecule has 0 radical (unpaired) electrons. The van der Waals surface area contributed by atoms with Gasteiger partial charge < -0.3 is 20.7 Å². The van der Waals surface area contributed by atoms with Gasteiger partial charge in [-0.3, -0.25) is 4.79 Å². The number of halogens is 1.